The van der Waals surface area contributed by atoms with Gasteiger partial charge in [0.15, 0.2) is 0 Å². The predicted octanol–water partition coefficient (Wildman–Crippen LogP) is 4.27. The summed E-state index contributed by atoms with van der Waals surface area (Å²) in [6, 6.07) is 17.9. The molecule has 1 aromatic heterocycles. The van der Waals surface area contributed by atoms with E-state index in [0.29, 0.717) is 11.6 Å². The maximum atomic E-state index is 12.3. The van der Waals surface area contributed by atoms with E-state index in [2.05, 4.69) is 46.7 Å². The number of H-pyrrole nitrogens is 1. The lowest BCUT2D eigenvalue weighted by Gasteiger charge is -2.04. The molecule has 0 aliphatic carbocycles. The molecule has 0 aliphatic heterocycles. The number of hydrazone groups is 1. The highest BCUT2D eigenvalue weighted by atomic mass is 16.2. The lowest BCUT2D eigenvalue weighted by atomic mass is 10.0. The summed E-state index contributed by atoms with van der Waals surface area (Å²) in [5.74, 6) is 0.176. The van der Waals surface area contributed by atoms with Crippen LogP contribution in [0.5, 0.6) is 0 Å². The molecule has 1 amide bonds. The molecule has 0 saturated carbocycles. The number of hydrogen-bond acceptors (Lipinski definition) is 3. The van der Waals surface area contributed by atoms with Gasteiger partial charge in [-0.05, 0) is 24.0 Å². The lowest BCUT2D eigenvalue weighted by molar-refractivity contribution is 0.0949. The standard InChI is InChI=1S/C21H22N4O/c1-14(2)17-11-9-16(10-12-17)13-22-25-21(26)20-15(3)19(23-24-20)18-7-5-4-6-8-18/h4-14H,1-3H3,(H,23,24)(H,25,26). The van der Waals surface area contributed by atoms with Crippen molar-refractivity contribution in [2.75, 3.05) is 0 Å². The van der Waals surface area contributed by atoms with Gasteiger partial charge in [0.2, 0.25) is 0 Å². The van der Waals surface area contributed by atoms with Gasteiger partial charge in [0.25, 0.3) is 5.91 Å². The molecule has 0 aliphatic rings. The summed E-state index contributed by atoms with van der Waals surface area (Å²) < 4.78 is 0. The van der Waals surface area contributed by atoms with Gasteiger partial charge in [-0.25, -0.2) is 5.43 Å². The van der Waals surface area contributed by atoms with Crippen molar-refractivity contribution < 1.29 is 4.79 Å². The maximum Gasteiger partial charge on any atom is 0.289 e. The molecule has 0 atom stereocenters. The van der Waals surface area contributed by atoms with Gasteiger partial charge in [0.05, 0.1) is 11.9 Å². The Kier molecular flexibility index (Phi) is 5.27. The second-order valence-corrected chi connectivity index (χ2v) is 6.46. The first-order valence-corrected chi connectivity index (χ1v) is 8.60. The van der Waals surface area contributed by atoms with Crippen LogP contribution in [0.1, 0.15) is 46.9 Å². The fraction of sp³-hybridized carbons (Fsp3) is 0.190. The Balaban J connectivity index is 1.68. The van der Waals surface area contributed by atoms with Crippen LogP contribution in [0.25, 0.3) is 11.3 Å². The molecular weight excluding hydrogens is 324 g/mol. The number of aromatic amines is 1. The third kappa shape index (κ3) is 3.88. The average Bonchev–Trinajstić information content (AvgIpc) is 3.04. The van der Waals surface area contributed by atoms with E-state index < -0.39 is 0 Å². The summed E-state index contributed by atoms with van der Waals surface area (Å²) in [6.45, 7) is 6.18. The molecule has 2 N–H and O–H groups in total. The van der Waals surface area contributed by atoms with Crippen molar-refractivity contribution in [2.24, 2.45) is 5.10 Å². The fourth-order valence-electron chi connectivity index (χ4n) is 2.68. The number of benzene rings is 2. The summed E-state index contributed by atoms with van der Waals surface area (Å²) in [7, 11) is 0. The number of carbonyl (C=O) groups excluding carboxylic acids is 1. The van der Waals surface area contributed by atoms with Gasteiger partial charge >= 0.3 is 0 Å². The van der Waals surface area contributed by atoms with E-state index in [0.717, 1.165) is 22.4 Å². The van der Waals surface area contributed by atoms with Gasteiger partial charge in [-0.3, -0.25) is 9.89 Å². The minimum Gasteiger partial charge on any atom is -0.272 e. The van der Waals surface area contributed by atoms with Gasteiger partial charge in [0.1, 0.15) is 5.69 Å². The van der Waals surface area contributed by atoms with Crippen molar-refractivity contribution >= 4 is 12.1 Å². The van der Waals surface area contributed by atoms with Crippen molar-refractivity contribution in [2.45, 2.75) is 26.7 Å². The van der Waals surface area contributed by atoms with Crippen LogP contribution >= 0.6 is 0 Å². The summed E-state index contributed by atoms with van der Waals surface area (Å²) in [5, 5.41) is 11.1. The van der Waals surface area contributed by atoms with Crippen molar-refractivity contribution in [3.05, 3.63) is 77.0 Å². The number of carbonyl (C=O) groups is 1. The zero-order valence-corrected chi connectivity index (χ0v) is 15.2. The zero-order valence-electron chi connectivity index (χ0n) is 15.2. The quantitative estimate of drug-likeness (QED) is 0.535. The summed E-state index contributed by atoms with van der Waals surface area (Å²) >= 11 is 0. The predicted molar refractivity (Wildman–Crippen MR) is 104 cm³/mol. The summed E-state index contributed by atoms with van der Waals surface area (Å²) in [4.78, 5) is 12.3. The number of hydrogen-bond donors (Lipinski definition) is 2. The first-order chi connectivity index (χ1) is 12.6. The molecule has 1 heterocycles. The molecule has 0 fully saturated rings. The van der Waals surface area contributed by atoms with Crippen LogP contribution < -0.4 is 5.43 Å². The summed E-state index contributed by atoms with van der Waals surface area (Å²) in [6.07, 6.45) is 1.63. The van der Waals surface area contributed by atoms with Gasteiger partial charge in [-0.15, -0.1) is 0 Å². The molecule has 0 radical (unpaired) electrons. The smallest absolute Gasteiger partial charge is 0.272 e. The highest BCUT2D eigenvalue weighted by Crippen LogP contribution is 2.22. The maximum absolute atomic E-state index is 12.3. The van der Waals surface area contributed by atoms with Crippen LogP contribution in [0.15, 0.2) is 59.7 Å². The van der Waals surface area contributed by atoms with Crippen LogP contribution in [0.3, 0.4) is 0 Å². The number of nitrogens with one attached hydrogen (secondary N) is 2. The lowest BCUT2D eigenvalue weighted by Crippen LogP contribution is -2.19. The van der Waals surface area contributed by atoms with Gasteiger partial charge < -0.3 is 0 Å². The van der Waals surface area contributed by atoms with E-state index in [1.165, 1.54) is 5.56 Å². The highest BCUT2D eigenvalue weighted by molar-refractivity contribution is 5.95. The Morgan fingerprint density at radius 2 is 1.81 bits per heavy atom. The van der Waals surface area contributed by atoms with E-state index in [-0.39, 0.29) is 5.91 Å². The number of aromatic nitrogens is 2. The van der Waals surface area contributed by atoms with Crippen LogP contribution in [0, 0.1) is 6.92 Å². The van der Waals surface area contributed by atoms with E-state index in [4.69, 9.17) is 0 Å². The van der Waals surface area contributed by atoms with Crippen LogP contribution in [-0.2, 0) is 0 Å². The van der Waals surface area contributed by atoms with Crippen molar-refractivity contribution in [1.29, 1.82) is 0 Å². The molecular formula is C21H22N4O. The van der Waals surface area contributed by atoms with E-state index in [9.17, 15) is 4.79 Å². The average molecular weight is 346 g/mol. The van der Waals surface area contributed by atoms with Crippen LogP contribution in [0.4, 0.5) is 0 Å². The second-order valence-electron chi connectivity index (χ2n) is 6.46. The van der Waals surface area contributed by atoms with E-state index in [1.807, 2.05) is 49.4 Å². The molecule has 2 aromatic carbocycles. The molecule has 5 nitrogen and oxygen atoms in total. The minimum absolute atomic E-state index is 0.313. The third-order valence-electron chi connectivity index (χ3n) is 4.27. The molecule has 26 heavy (non-hydrogen) atoms. The van der Waals surface area contributed by atoms with Crippen molar-refractivity contribution in [3.63, 3.8) is 0 Å². The number of rotatable bonds is 5. The van der Waals surface area contributed by atoms with Crippen LogP contribution in [-0.4, -0.2) is 22.3 Å². The highest BCUT2D eigenvalue weighted by Gasteiger charge is 2.16. The third-order valence-corrected chi connectivity index (χ3v) is 4.27. The Bertz CT molecular complexity index is 909. The Morgan fingerprint density at radius 3 is 2.46 bits per heavy atom. The minimum atomic E-state index is -0.313. The number of amides is 1. The van der Waals surface area contributed by atoms with Gasteiger partial charge in [-0.1, -0.05) is 68.4 Å². The second kappa shape index (κ2) is 7.78. The molecule has 132 valence electrons. The molecule has 0 unspecified atom stereocenters. The number of nitrogens with zero attached hydrogens (tertiary/aromatic N) is 2. The molecule has 0 spiro atoms. The molecule has 0 saturated heterocycles. The largest absolute Gasteiger partial charge is 0.289 e. The zero-order chi connectivity index (χ0) is 18.5. The van der Waals surface area contributed by atoms with Gasteiger partial charge in [-0.2, -0.15) is 10.2 Å². The van der Waals surface area contributed by atoms with E-state index in [1.54, 1.807) is 6.21 Å². The first kappa shape index (κ1) is 17.6. The topological polar surface area (TPSA) is 70.1 Å². The monoisotopic (exact) mass is 346 g/mol. The van der Waals surface area contributed by atoms with Crippen LogP contribution in [0.2, 0.25) is 0 Å². The van der Waals surface area contributed by atoms with E-state index >= 15 is 0 Å². The van der Waals surface area contributed by atoms with Gasteiger partial charge in [0, 0.05) is 11.1 Å². The molecule has 3 rings (SSSR count). The fourth-order valence-corrected chi connectivity index (χ4v) is 2.68. The Hall–Kier alpha value is -3.21. The van der Waals surface area contributed by atoms with Crippen molar-refractivity contribution in [3.8, 4) is 11.3 Å². The molecule has 3 aromatic rings. The Morgan fingerprint density at radius 1 is 1.12 bits per heavy atom. The molecule has 5 heteroatoms. The van der Waals surface area contributed by atoms with Crippen molar-refractivity contribution in [1.82, 2.24) is 15.6 Å². The Labute approximate surface area is 153 Å². The SMILES string of the molecule is Cc1c(-c2ccccc2)n[nH]c1C(=O)NN=Cc1ccc(C(C)C)cc1. The normalized spacial score (nSPS) is 11.2. The molecule has 0 bridgehead atoms. The summed E-state index contributed by atoms with van der Waals surface area (Å²) in [5.41, 5.74) is 7.70. The first-order valence-electron chi connectivity index (χ1n) is 8.60.